The van der Waals surface area contributed by atoms with E-state index in [9.17, 15) is 5.11 Å². The summed E-state index contributed by atoms with van der Waals surface area (Å²) in [5.74, 6) is 0.284. The van der Waals surface area contributed by atoms with Gasteiger partial charge in [-0.25, -0.2) is 4.98 Å². The number of benzene rings is 1. The average molecular weight is 276 g/mol. The van der Waals surface area contributed by atoms with Crippen LogP contribution >= 0.6 is 11.3 Å². The van der Waals surface area contributed by atoms with Gasteiger partial charge < -0.3 is 10.4 Å². The van der Waals surface area contributed by atoms with Crippen molar-refractivity contribution in [2.45, 2.75) is 32.7 Å². The van der Waals surface area contributed by atoms with Crippen molar-refractivity contribution in [3.8, 4) is 16.3 Å². The van der Waals surface area contributed by atoms with Gasteiger partial charge in [0, 0.05) is 22.4 Å². The van der Waals surface area contributed by atoms with Gasteiger partial charge in [-0.15, -0.1) is 11.3 Å². The topological polar surface area (TPSA) is 45.1 Å². The Bertz CT molecular complexity index is 553. The molecule has 0 bridgehead atoms. The molecule has 0 unspecified atom stereocenters. The van der Waals surface area contributed by atoms with E-state index in [0.717, 1.165) is 22.8 Å². The lowest BCUT2D eigenvalue weighted by molar-refractivity contribution is 0.475. The van der Waals surface area contributed by atoms with Gasteiger partial charge >= 0.3 is 0 Å². The number of hydrogen-bond acceptors (Lipinski definition) is 4. The Morgan fingerprint density at radius 3 is 2.37 bits per heavy atom. The molecule has 4 heteroatoms. The molecular formula is C15H20N2OS. The van der Waals surface area contributed by atoms with Crippen molar-refractivity contribution in [3.63, 3.8) is 0 Å². The van der Waals surface area contributed by atoms with Gasteiger partial charge in [0.25, 0.3) is 0 Å². The van der Waals surface area contributed by atoms with Crippen molar-refractivity contribution in [1.29, 1.82) is 0 Å². The predicted molar refractivity (Wildman–Crippen MR) is 80.7 cm³/mol. The van der Waals surface area contributed by atoms with Crippen LogP contribution in [0, 0.1) is 0 Å². The van der Waals surface area contributed by atoms with Crippen LogP contribution in [0.15, 0.2) is 24.3 Å². The lowest BCUT2D eigenvalue weighted by Gasteiger charge is -2.17. The number of hydrogen-bond donors (Lipinski definition) is 2. The zero-order chi connectivity index (χ0) is 14.0. The SMILES string of the molecule is CNCc1sc(-c2ccc(O)cc2)nc1C(C)(C)C. The number of phenols is 1. The molecule has 0 atom stereocenters. The molecular weight excluding hydrogens is 256 g/mol. The second kappa shape index (κ2) is 5.31. The highest BCUT2D eigenvalue weighted by atomic mass is 32.1. The van der Waals surface area contributed by atoms with Crippen LogP contribution in [0.3, 0.4) is 0 Å². The van der Waals surface area contributed by atoms with Gasteiger partial charge in [-0.05, 0) is 31.3 Å². The second-order valence-corrected chi connectivity index (χ2v) is 6.70. The van der Waals surface area contributed by atoms with Crippen LogP contribution in [0.25, 0.3) is 10.6 Å². The monoisotopic (exact) mass is 276 g/mol. The van der Waals surface area contributed by atoms with Gasteiger partial charge in [-0.2, -0.15) is 0 Å². The van der Waals surface area contributed by atoms with Gasteiger partial charge in [-0.3, -0.25) is 0 Å². The first-order valence-corrected chi connectivity index (χ1v) is 7.17. The highest BCUT2D eigenvalue weighted by Crippen LogP contribution is 2.34. The quantitative estimate of drug-likeness (QED) is 0.901. The van der Waals surface area contributed by atoms with Gasteiger partial charge in [0.15, 0.2) is 0 Å². The number of aromatic hydroxyl groups is 1. The Kier molecular flexibility index (Phi) is 3.92. The first-order chi connectivity index (χ1) is 8.91. The van der Waals surface area contributed by atoms with E-state index < -0.39 is 0 Å². The van der Waals surface area contributed by atoms with Crippen LogP contribution in [-0.4, -0.2) is 17.1 Å². The molecule has 102 valence electrons. The maximum Gasteiger partial charge on any atom is 0.123 e. The third-order valence-electron chi connectivity index (χ3n) is 2.86. The summed E-state index contributed by atoms with van der Waals surface area (Å²) in [6, 6.07) is 7.21. The third-order valence-corrected chi connectivity index (χ3v) is 3.96. The van der Waals surface area contributed by atoms with E-state index in [4.69, 9.17) is 4.98 Å². The second-order valence-electron chi connectivity index (χ2n) is 5.62. The Morgan fingerprint density at radius 1 is 1.21 bits per heavy atom. The Morgan fingerprint density at radius 2 is 1.84 bits per heavy atom. The first-order valence-electron chi connectivity index (χ1n) is 6.36. The highest BCUT2D eigenvalue weighted by Gasteiger charge is 2.23. The Labute approximate surface area is 118 Å². The van der Waals surface area contributed by atoms with Gasteiger partial charge in [0.1, 0.15) is 10.8 Å². The average Bonchev–Trinajstić information content (AvgIpc) is 2.74. The van der Waals surface area contributed by atoms with Crippen LogP contribution in [0.1, 0.15) is 31.3 Å². The molecule has 0 spiro atoms. The fourth-order valence-corrected chi connectivity index (χ4v) is 3.23. The van der Waals surface area contributed by atoms with Crippen LogP contribution in [0.4, 0.5) is 0 Å². The van der Waals surface area contributed by atoms with Crippen molar-refractivity contribution < 1.29 is 5.11 Å². The van der Waals surface area contributed by atoms with Crippen molar-refractivity contribution >= 4 is 11.3 Å². The maximum atomic E-state index is 9.35. The minimum atomic E-state index is 0.0395. The van der Waals surface area contributed by atoms with Crippen LogP contribution in [-0.2, 0) is 12.0 Å². The molecule has 0 aliphatic heterocycles. The molecule has 2 rings (SSSR count). The number of rotatable bonds is 3. The van der Waals surface area contributed by atoms with E-state index in [1.807, 2.05) is 19.2 Å². The molecule has 0 fully saturated rings. The molecule has 0 saturated heterocycles. The lowest BCUT2D eigenvalue weighted by atomic mass is 9.91. The van der Waals surface area contributed by atoms with Crippen molar-refractivity contribution in [2.24, 2.45) is 0 Å². The molecule has 1 aromatic carbocycles. The number of nitrogens with zero attached hydrogens (tertiary/aromatic N) is 1. The minimum absolute atomic E-state index is 0.0395. The van der Waals surface area contributed by atoms with Crippen molar-refractivity contribution in [1.82, 2.24) is 10.3 Å². The molecule has 1 aromatic heterocycles. The molecule has 2 aromatic rings. The van der Waals surface area contributed by atoms with Crippen LogP contribution in [0.2, 0.25) is 0 Å². The largest absolute Gasteiger partial charge is 0.508 e. The normalized spacial score (nSPS) is 11.8. The summed E-state index contributed by atoms with van der Waals surface area (Å²) in [5, 5.41) is 13.6. The summed E-state index contributed by atoms with van der Waals surface area (Å²) < 4.78 is 0. The molecule has 0 radical (unpaired) electrons. The smallest absolute Gasteiger partial charge is 0.123 e. The third kappa shape index (κ3) is 3.14. The molecule has 3 nitrogen and oxygen atoms in total. The number of nitrogens with one attached hydrogen (secondary N) is 1. The highest BCUT2D eigenvalue weighted by molar-refractivity contribution is 7.15. The van der Waals surface area contributed by atoms with Gasteiger partial charge in [0.05, 0.1) is 5.69 Å². The fourth-order valence-electron chi connectivity index (χ4n) is 1.95. The summed E-state index contributed by atoms with van der Waals surface area (Å²) >= 11 is 1.71. The Balaban J connectivity index is 2.45. The molecule has 0 aliphatic rings. The van der Waals surface area contributed by atoms with Gasteiger partial charge in [0.2, 0.25) is 0 Å². The molecule has 0 amide bonds. The zero-order valence-electron chi connectivity index (χ0n) is 11.8. The number of thiazole rings is 1. The molecule has 1 heterocycles. The van der Waals surface area contributed by atoms with Crippen LogP contribution in [0.5, 0.6) is 5.75 Å². The molecule has 2 N–H and O–H groups in total. The van der Waals surface area contributed by atoms with E-state index in [1.165, 1.54) is 4.88 Å². The van der Waals surface area contributed by atoms with Crippen molar-refractivity contribution in [3.05, 3.63) is 34.8 Å². The molecule has 0 aliphatic carbocycles. The summed E-state index contributed by atoms with van der Waals surface area (Å²) in [6.45, 7) is 7.38. The van der Waals surface area contributed by atoms with Crippen molar-refractivity contribution in [2.75, 3.05) is 7.05 Å². The van der Waals surface area contributed by atoms with E-state index >= 15 is 0 Å². The zero-order valence-corrected chi connectivity index (χ0v) is 12.6. The summed E-state index contributed by atoms with van der Waals surface area (Å²) in [5.41, 5.74) is 2.24. The standard InChI is InChI=1S/C15H20N2OS/c1-15(2,3)13-12(9-16-4)19-14(17-13)10-5-7-11(18)8-6-10/h5-8,16,18H,9H2,1-4H3. The van der Waals surface area contributed by atoms with Gasteiger partial charge in [-0.1, -0.05) is 20.8 Å². The van der Waals surface area contributed by atoms with E-state index in [-0.39, 0.29) is 11.2 Å². The molecule has 19 heavy (non-hydrogen) atoms. The number of aromatic nitrogens is 1. The van der Waals surface area contributed by atoms with Crippen LogP contribution < -0.4 is 5.32 Å². The van der Waals surface area contributed by atoms with E-state index in [1.54, 1.807) is 23.5 Å². The number of phenolic OH excluding ortho intramolecular Hbond substituents is 1. The fraction of sp³-hybridized carbons (Fsp3) is 0.400. The maximum absolute atomic E-state index is 9.35. The first kappa shape index (κ1) is 14.0. The predicted octanol–water partition coefficient (Wildman–Crippen LogP) is 3.53. The summed E-state index contributed by atoms with van der Waals surface area (Å²) in [7, 11) is 1.95. The summed E-state index contributed by atoms with van der Waals surface area (Å²) in [4.78, 5) is 6.07. The van der Waals surface area contributed by atoms with E-state index in [2.05, 4.69) is 26.1 Å². The van der Waals surface area contributed by atoms with E-state index in [0.29, 0.717) is 0 Å². The lowest BCUT2D eigenvalue weighted by Crippen LogP contribution is -2.16. The minimum Gasteiger partial charge on any atom is -0.508 e. The summed E-state index contributed by atoms with van der Waals surface area (Å²) in [6.07, 6.45) is 0. The Hall–Kier alpha value is -1.39. The molecule has 0 saturated carbocycles.